The number of halogens is 1. The molecule has 0 bridgehead atoms. The lowest BCUT2D eigenvalue weighted by molar-refractivity contribution is -0.907. The summed E-state index contributed by atoms with van der Waals surface area (Å²) in [5.74, 6) is -0.865. The van der Waals surface area contributed by atoms with Crippen LogP contribution in [0.2, 0.25) is 0 Å². The van der Waals surface area contributed by atoms with Crippen LogP contribution in [0.25, 0.3) is 0 Å². The van der Waals surface area contributed by atoms with Crippen molar-refractivity contribution < 1.29 is 23.6 Å². The largest absolute Gasteiger partial charge is 0.465 e. The zero-order valence-corrected chi connectivity index (χ0v) is 15.2. The first-order valence-corrected chi connectivity index (χ1v) is 8.15. The zero-order chi connectivity index (χ0) is 18.7. The van der Waals surface area contributed by atoms with Crippen molar-refractivity contribution in [3.8, 4) is 0 Å². The fraction of sp³-hybridized carbons (Fsp3) is 0.368. The maximum absolute atomic E-state index is 13.8. The highest BCUT2D eigenvalue weighted by Crippen LogP contribution is 2.20. The fourth-order valence-corrected chi connectivity index (χ4v) is 2.94. The van der Waals surface area contributed by atoms with Gasteiger partial charge in [-0.25, -0.2) is 9.18 Å². The average molecular weight is 347 g/mol. The van der Waals surface area contributed by atoms with Crippen LogP contribution >= 0.6 is 0 Å². The van der Waals surface area contributed by atoms with Gasteiger partial charge in [-0.2, -0.15) is 0 Å². The molecule has 6 heteroatoms. The highest BCUT2D eigenvalue weighted by molar-refractivity contribution is 6.03. The number of carbonyl (C=O) groups excluding carboxylic acids is 2. The first-order chi connectivity index (χ1) is 11.8. The van der Waals surface area contributed by atoms with Crippen LogP contribution in [0.3, 0.4) is 0 Å². The van der Waals surface area contributed by atoms with E-state index in [1.54, 1.807) is 39.0 Å². The summed E-state index contributed by atoms with van der Waals surface area (Å²) < 4.78 is 18.6. The number of quaternary nitrogens is 1. The van der Waals surface area contributed by atoms with Gasteiger partial charge in [0.1, 0.15) is 12.4 Å². The van der Waals surface area contributed by atoms with Crippen molar-refractivity contribution in [2.24, 2.45) is 0 Å². The summed E-state index contributed by atoms with van der Waals surface area (Å²) in [6.07, 6.45) is 0. The summed E-state index contributed by atoms with van der Waals surface area (Å²) in [4.78, 5) is 28.6. The van der Waals surface area contributed by atoms with Crippen LogP contribution < -0.4 is 4.90 Å². The van der Waals surface area contributed by atoms with Gasteiger partial charge >= 0.3 is 5.97 Å². The van der Waals surface area contributed by atoms with Gasteiger partial charge in [-0.15, -0.1) is 0 Å². The Morgan fingerprint density at radius 3 is 2.52 bits per heavy atom. The molecule has 5 nitrogen and oxygen atoms in total. The lowest BCUT2D eigenvalue weighted by atomic mass is 10.0. The Morgan fingerprint density at radius 2 is 1.92 bits per heavy atom. The second-order valence-corrected chi connectivity index (χ2v) is 6.32. The third kappa shape index (κ3) is 3.79. The number of methoxy groups -OCH3 is 1. The minimum Gasteiger partial charge on any atom is -0.465 e. The molecule has 1 heterocycles. The van der Waals surface area contributed by atoms with Gasteiger partial charge in [0, 0.05) is 11.3 Å². The normalized spacial score (nSPS) is 13.4. The monoisotopic (exact) mass is 347 g/mol. The van der Waals surface area contributed by atoms with Crippen molar-refractivity contribution in [3.63, 3.8) is 0 Å². The number of rotatable bonds is 6. The van der Waals surface area contributed by atoms with Gasteiger partial charge in [0.15, 0.2) is 6.04 Å². The van der Waals surface area contributed by atoms with Crippen LogP contribution in [0.4, 0.5) is 4.39 Å². The molecule has 0 aliphatic rings. The molecule has 0 aliphatic carbocycles. The number of Topliss-reactive ketones (excluding diaryl/α,β-unsaturated/α-hetero) is 1. The minimum absolute atomic E-state index is 0.121. The molecular weight excluding hydrogens is 323 g/mol. The van der Waals surface area contributed by atoms with E-state index in [1.807, 2.05) is 7.05 Å². The Hall–Kier alpha value is -2.47. The van der Waals surface area contributed by atoms with Crippen molar-refractivity contribution in [3.05, 3.63) is 58.2 Å². The molecule has 2 aromatic rings. The van der Waals surface area contributed by atoms with Gasteiger partial charge in [-0.1, -0.05) is 18.2 Å². The Kier molecular flexibility index (Phi) is 5.74. The minimum atomic E-state index is -0.468. The molecule has 0 radical (unpaired) electrons. The Morgan fingerprint density at radius 1 is 1.28 bits per heavy atom. The third-order valence-corrected chi connectivity index (χ3v) is 4.63. The molecule has 0 amide bonds. The van der Waals surface area contributed by atoms with Crippen LogP contribution in [0, 0.1) is 19.7 Å². The summed E-state index contributed by atoms with van der Waals surface area (Å²) in [7, 11) is 3.16. The van der Waals surface area contributed by atoms with E-state index in [2.05, 4.69) is 4.98 Å². The highest BCUT2D eigenvalue weighted by atomic mass is 19.1. The zero-order valence-electron chi connectivity index (χ0n) is 15.2. The summed E-state index contributed by atoms with van der Waals surface area (Å²) in [6, 6.07) is 6.15. The Labute approximate surface area is 146 Å². The lowest BCUT2D eigenvalue weighted by Crippen LogP contribution is -3.12. The van der Waals surface area contributed by atoms with Crippen LogP contribution in [0.1, 0.15) is 44.6 Å². The summed E-state index contributed by atoms with van der Waals surface area (Å²) in [5, 5.41) is 0. The van der Waals surface area contributed by atoms with E-state index in [9.17, 15) is 14.0 Å². The van der Waals surface area contributed by atoms with Crippen molar-refractivity contribution in [1.29, 1.82) is 0 Å². The van der Waals surface area contributed by atoms with Crippen LogP contribution in [-0.2, 0) is 11.3 Å². The van der Waals surface area contributed by atoms with E-state index >= 15 is 0 Å². The molecule has 1 unspecified atom stereocenters. The summed E-state index contributed by atoms with van der Waals surface area (Å²) in [6.45, 7) is 5.65. The number of ether oxygens (including phenoxy) is 1. The number of esters is 1. The number of benzene rings is 1. The molecule has 0 saturated carbocycles. The number of hydrogen-bond acceptors (Lipinski definition) is 3. The van der Waals surface area contributed by atoms with E-state index in [0.29, 0.717) is 34.6 Å². The molecule has 2 rings (SSSR count). The maximum Gasteiger partial charge on any atom is 0.339 e. The number of hydrogen-bond donors (Lipinski definition) is 2. The first kappa shape index (κ1) is 18.9. The molecule has 1 aromatic carbocycles. The standard InChI is InChI=1S/C19H23FN2O3/c1-11-16(19(24)25-5)12(2)21-17(11)18(23)13(3)22(4)10-14-8-6-7-9-15(14)20/h6-9,13,21H,10H2,1-5H3/p+1/t13-/m1/s1. The number of aromatic nitrogens is 1. The van der Waals surface area contributed by atoms with E-state index < -0.39 is 12.0 Å². The molecule has 134 valence electrons. The molecule has 1 aromatic heterocycles. The fourth-order valence-electron chi connectivity index (χ4n) is 2.94. The molecule has 0 fully saturated rings. The number of H-pyrrole nitrogens is 1. The van der Waals surface area contributed by atoms with Crippen molar-refractivity contribution in [1.82, 2.24) is 4.98 Å². The van der Waals surface area contributed by atoms with Gasteiger partial charge in [0.05, 0.1) is 25.4 Å². The lowest BCUT2D eigenvalue weighted by Gasteiger charge is -2.21. The van der Waals surface area contributed by atoms with Gasteiger partial charge in [0.2, 0.25) is 5.78 Å². The van der Waals surface area contributed by atoms with E-state index in [4.69, 9.17) is 4.74 Å². The van der Waals surface area contributed by atoms with E-state index in [-0.39, 0.29) is 11.6 Å². The Balaban J connectivity index is 2.22. The average Bonchev–Trinajstić information content (AvgIpc) is 2.89. The third-order valence-electron chi connectivity index (χ3n) is 4.63. The molecule has 2 N–H and O–H groups in total. The predicted octanol–water partition coefficient (Wildman–Crippen LogP) is 1.84. The molecule has 0 saturated heterocycles. The second-order valence-electron chi connectivity index (χ2n) is 6.32. The van der Waals surface area contributed by atoms with E-state index in [1.165, 1.54) is 13.2 Å². The first-order valence-electron chi connectivity index (χ1n) is 8.15. The predicted molar refractivity (Wildman–Crippen MR) is 92.4 cm³/mol. The Bertz CT molecular complexity index is 798. The smallest absolute Gasteiger partial charge is 0.339 e. The van der Waals surface area contributed by atoms with Crippen molar-refractivity contribution in [2.75, 3.05) is 14.2 Å². The number of carbonyl (C=O) groups is 2. The van der Waals surface area contributed by atoms with Crippen molar-refractivity contribution in [2.45, 2.75) is 33.4 Å². The number of nitrogens with one attached hydrogen (secondary N) is 2. The molecular formula is C19H24FN2O3+. The summed E-state index contributed by atoms with van der Waals surface area (Å²) in [5.41, 5.74) is 2.55. The van der Waals surface area contributed by atoms with Gasteiger partial charge < -0.3 is 14.6 Å². The number of likely N-dealkylation sites (N-methyl/N-ethyl adjacent to an activating group) is 1. The van der Waals surface area contributed by atoms with Crippen LogP contribution in [0.5, 0.6) is 0 Å². The molecule has 2 atom stereocenters. The topological polar surface area (TPSA) is 63.6 Å². The van der Waals surface area contributed by atoms with Gasteiger partial charge in [-0.3, -0.25) is 4.79 Å². The van der Waals surface area contributed by atoms with Crippen molar-refractivity contribution >= 4 is 11.8 Å². The van der Waals surface area contributed by atoms with Crippen LogP contribution in [0.15, 0.2) is 24.3 Å². The quantitative estimate of drug-likeness (QED) is 0.619. The number of aromatic amines is 1. The van der Waals surface area contributed by atoms with Gasteiger partial charge in [-0.05, 0) is 32.4 Å². The number of ketones is 1. The SMILES string of the molecule is COC(=O)c1c(C)[nH]c(C(=O)[C@@H](C)[NH+](C)Cc2ccccc2F)c1C. The van der Waals surface area contributed by atoms with Gasteiger partial charge in [0.25, 0.3) is 0 Å². The van der Waals surface area contributed by atoms with Crippen LogP contribution in [-0.4, -0.2) is 36.9 Å². The highest BCUT2D eigenvalue weighted by Gasteiger charge is 2.29. The maximum atomic E-state index is 13.8. The van der Waals surface area contributed by atoms with E-state index in [0.717, 1.165) is 4.90 Å². The number of aryl methyl sites for hydroxylation is 1. The molecule has 0 spiro atoms. The molecule has 25 heavy (non-hydrogen) atoms. The second kappa shape index (κ2) is 7.61. The summed E-state index contributed by atoms with van der Waals surface area (Å²) >= 11 is 0. The molecule has 0 aliphatic heterocycles.